The number of piperidine rings is 1. The summed E-state index contributed by atoms with van der Waals surface area (Å²) in [5.41, 5.74) is -0.791. The number of ketones is 2. The monoisotopic (exact) mass is 321 g/mol. The summed E-state index contributed by atoms with van der Waals surface area (Å²) in [6.45, 7) is 5.33. The molecule has 1 aromatic rings. The minimum atomic E-state index is -1.05. The van der Waals surface area contributed by atoms with E-state index in [1.807, 2.05) is 0 Å². The Morgan fingerprint density at radius 3 is 2.52 bits per heavy atom. The van der Waals surface area contributed by atoms with Crippen LogP contribution in [0.3, 0.4) is 0 Å². The number of halogens is 1. The molecular weight excluding hydrogens is 301 g/mol. The molecule has 0 aromatic heterocycles. The van der Waals surface area contributed by atoms with Gasteiger partial charge in [0, 0.05) is 19.5 Å². The Kier molecular flexibility index (Phi) is 4.82. The normalized spacial score (nSPS) is 18.7. The first-order valence-electron chi connectivity index (χ1n) is 7.48. The summed E-state index contributed by atoms with van der Waals surface area (Å²) in [4.78, 5) is 37.9. The maximum Gasteiger partial charge on any atom is 0.410 e. The summed E-state index contributed by atoms with van der Waals surface area (Å²) < 4.78 is 19.0. The van der Waals surface area contributed by atoms with Gasteiger partial charge in [-0.05, 0) is 32.9 Å². The molecule has 6 heteroatoms. The molecule has 1 heterocycles. The van der Waals surface area contributed by atoms with Crippen LogP contribution in [0.25, 0.3) is 0 Å². The highest BCUT2D eigenvalue weighted by molar-refractivity contribution is 6.11. The molecule has 1 fully saturated rings. The summed E-state index contributed by atoms with van der Waals surface area (Å²) in [6.07, 6.45) is -0.513. The number of Topliss-reactive ketones (excluding diaryl/α,β-unsaturated/α-hetero) is 2. The number of rotatable bonds is 2. The van der Waals surface area contributed by atoms with E-state index in [1.165, 1.54) is 29.2 Å². The number of ether oxygens (including phenoxy) is 1. The molecule has 124 valence electrons. The van der Waals surface area contributed by atoms with E-state index in [4.69, 9.17) is 4.74 Å². The molecule has 0 bridgehead atoms. The second-order valence-electron chi connectivity index (χ2n) is 6.54. The predicted molar refractivity (Wildman–Crippen MR) is 81.7 cm³/mol. The number of nitrogens with zero attached hydrogens (tertiary/aromatic N) is 1. The summed E-state index contributed by atoms with van der Waals surface area (Å²) in [5.74, 6) is -2.59. The first kappa shape index (κ1) is 17.1. The first-order valence-corrected chi connectivity index (χ1v) is 7.48. The van der Waals surface area contributed by atoms with Gasteiger partial charge in [-0.15, -0.1) is 0 Å². The minimum absolute atomic E-state index is 0.0596. The van der Waals surface area contributed by atoms with Gasteiger partial charge < -0.3 is 9.64 Å². The molecule has 1 aliphatic rings. The zero-order valence-electron chi connectivity index (χ0n) is 13.5. The highest BCUT2D eigenvalue weighted by Gasteiger charge is 2.37. The minimum Gasteiger partial charge on any atom is -0.444 e. The van der Waals surface area contributed by atoms with E-state index in [0.29, 0.717) is 0 Å². The van der Waals surface area contributed by atoms with Crippen molar-refractivity contribution in [2.45, 2.75) is 32.8 Å². The van der Waals surface area contributed by atoms with Crippen molar-refractivity contribution in [3.63, 3.8) is 0 Å². The highest BCUT2D eigenvalue weighted by atomic mass is 19.1. The molecule has 1 atom stereocenters. The lowest BCUT2D eigenvalue weighted by Crippen LogP contribution is -2.48. The maximum absolute atomic E-state index is 13.8. The zero-order chi connectivity index (χ0) is 17.2. The summed E-state index contributed by atoms with van der Waals surface area (Å²) >= 11 is 0. The van der Waals surface area contributed by atoms with Crippen LogP contribution in [0.2, 0.25) is 0 Å². The van der Waals surface area contributed by atoms with E-state index in [-0.39, 0.29) is 30.9 Å². The van der Waals surface area contributed by atoms with E-state index >= 15 is 0 Å². The van der Waals surface area contributed by atoms with Crippen LogP contribution in [0.4, 0.5) is 9.18 Å². The first-order chi connectivity index (χ1) is 10.7. The molecule has 2 rings (SSSR count). The van der Waals surface area contributed by atoms with Gasteiger partial charge in [0.2, 0.25) is 0 Å². The van der Waals surface area contributed by atoms with Crippen LogP contribution in [-0.2, 0) is 9.53 Å². The molecule has 23 heavy (non-hydrogen) atoms. The van der Waals surface area contributed by atoms with Crippen LogP contribution in [0, 0.1) is 11.7 Å². The van der Waals surface area contributed by atoms with Gasteiger partial charge in [-0.3, -0.25) is 9.59 Å². The molecule has 1 aromatic carbocycles. The van der Waals surface area contributed by atoms with Gasteiger partial charge in [0.25, 0.3) is 0 Å². The van der Waals surface area contributed by atoms with Crippen molar-refractivity contribution < 1.29 is 23.5 Å². The molecule has 0 N–H and O–H groups in total. The van der Waals surface area contributed by atoms with Crippen LogP contribution < -0.4 is 0 Å². The molecule has 0 spiro atoms. The molecule has 1 aliphatic heterocycles. The summed E-state index contributed by atoms with van der Waals surface area (Å²) in [6, 6.07) is 5.53. The third-order valence-electron chi connectivity index (χ3n) is 3.53. The standard InChI is InChI=1S/C17H20FNO4/c1-17(2,3)23-16(22)19-9-8-14(20)12(10-19)15(21)11-6-4-5-7-13(11)18/h4-7,12H,8-10H2,1-3H3. The molecule has 1 unspecified atom stereocenters. The second-order valence-corrected chi connectivity index (χ2v) is 6.54. The van der Waals surface area contributed by atoms with Gasteiger partial charge >= 0.3 is 6.09 Å². The van der Waals surface area contributed by atoms with Crippen molar-refractivity contribution in [1.29, 1.82) is 0 Å². The van der Waals surface area contributed by atoms with Crippen molar-refractivity contribution >= 4 is 17.7 Å². The van der Waals surface area contributed by atoms with Crippen molar-refractivity contribution in [3.8, 4) is 0 Å². The molecule has 5 nitrogen and oxygen atoms in total. The van der Waals surface area contributed by atoms with E-state index in [1.54, 1.807) is 20.8 Å². The van der Waals surface area contributed by atoms with Gasteiger partial charge in [-0.25, -0.2) is 9.18 Å². The largest absolute Gasteiger partial charge is 0.444 e. The topological polar surface area (TPSA) is 63.7 Å². The number of amides is 1. The van der Waals surface area contributed by atoms with Crippen LogP contribution in [0.5, 0.6) is 0 Å². The van der Waals surface area contributed by atoms with Crippen molar-refractivity contribution in [3.05, 3.63) is 35.6 Å². The maximum atomic E-state index is 13.8. The number of carbonyl (C=O) groups is 3. The van der Waals surface area contributed by atoms with Gasteiger partial charge in [0.1, 0.15) is 17.2 Å². The van der Waals surface area contributed by atoms with E-state index in [9.17, 15) is 18.8 Å². The second kappa shape index (κ2) is 6.48. The van der Waals surface area contributed by atoms with Crippen molar-refractivity contribution in [2.75, 3.05) is 13.1 Å². The van der Waals surface area contributed by atoms with Gasteiger partial charge in [-0.2, -0.15) is 0 Å². The quantitative estimate of drug-likeness (QED) is 0.621. The number of hydrogen-bond acceptors (Lipinski definition) is 4. The van der Waals surface area contributed by atoms with Crippen LogP contribution in [0.15, 0.2) is 24.3 Å². The molecular formula is C17H20FNO4. The van der Waals surface area contributed by atoms with Crippen LogP contribution in [-0.4, -0.2) is 41.3 Å². The zero-order valence-corrected chi connectivity index (χ0v) is 13.5. The number of benzene rings is 1. The average Bonchev–Trinajstić information content (AvgIpc) is 2.45. The fourth-order valence-corrected chi connectivity index (χ4v) is 2.40. The van der Waals surface area contributed by atoms with Crippen LogP contribution in [0.1, 0.15) is 37.6 Å². The molecule has 0 radical (unpaired) electrons. The fraction of sp³-hybridized carbons (Fsp3) is 0.471. The molecule has 1 amide bonds. The Bertz CT molecular complexity index is 636. The molecule has 0 aliphatic carbocycles. The Labute approximate surface area is 134 Å². The van der Waals surface area contributed by atoms with Gasteiger partial charge in [0.15, 0.2) is 5.78 Å². The van der Waals surface area contributed by atoms with Gasteiger partial charge in [0.05, 0.1) is 11.5 Å². The average molecular weight is 321 g/mol. The van der Waals surface area contributed by atoms with Crippen molar-refractivity contribution in [2.24, 2.45) is 5.92 Å². The third-order valence-corrected chi connectivity index (χ3v) is 3.53. The summed E-state index contributed by atoms with van der Waals surface area (Å²) in [7, 11) is 0. The Morgan fingerprint density at radius 2 is 1.91 bits per heavy atom. The lowest BCUT2D eigenvalue weighted by atomic mass is 9.89. The number of carbonyl (C=O) groups excluding carboxylic acids is 3. The number of likely N-dealkylation sites (tertiary alicyclic amines) is 1. The van der Waals surface area contributed by atoms with Crippen LogP contribution >= 0.6 is 0 Å². The highest BCUT2D eigenvalue weighted by Crippen LogP contribution is 2.21. The van der Waals surface area contributed by atoms with E-state index in [2.05, 4.69) is 0 Å². The molecule has 0 saturated carbocycles. The van der Waals surface area contributed by atoms with E-state index in [0.717, 1.165) is 0 Å². The fourth-order valence-electron chi connectivity index (χ4n) is 2.40. The van der Waals surface area contributed by atoms with Crippen molar-refractivity contribution in [1.82, 2.24) is 4.90 Å². The predicted octanol–water partition coefficient (Wildman–Crippen LogP) is 2.83. The Hall–Kier alpha value is -2.24. The van der Waals surface area contributed by atoms with Gasteiger partial charge in [-0.1, -0.05) is 12.1 Å². The SMILES string of the molecule is CC(C)(C)OC(=O)N1CCC(=O)C(C(=O)c2ccccc2F)C1. The summed E-state index contributed by atoms with van der Waals surface area (Å²) in [5, 5.41) is 0. The third kappa shape index (κ3) is 4.15. The Balaban J connectivity index is 2.15. The molecule has 1 saturated heterocycles. The van der Waals surface area contributed by atoms with E-state index < -0.39 is 29.2 Å². The number of hydrogen-bond donors (Lipinski definition) is 0. The smallest absolute Gasteiger partial charge is 0.410 e. The Morgan fingerprint density at radius 1 is 1.26 bits per heavy atom. The lowest BCUT2D eigenvalue weighted by molar-refractivity contribution is -0.124. The lowest BCUT2D eigenvalue weighted by Gasteiger charge is -2.32.